The van der Waals surface area contributed by atoms with Crippen LogP contribution in [-0.4, -0.2) is 8.42 Å². The van der Waals surface area contributed by atoms with Crippen molar-refractivity contribution in [2.24, 2.45) is 0 Å². The lowest BCUT2D eigenvalue weighted by Crippen LogP contribution is -2.06. The Morgan fingerprint density at radius 3 is 2.27 bits per heavy atom. The summed E-state index contributed by atoms with van der Waals surface area (Å²) in [6, 6.07) is 17.1. The van der Waals surface area contributed by atoms with Crippen molar-refractivity contribution >= 4 is 20.6 Å². The molecular weight excluding hydrogens is 301 g/mol. The summed E-state index contributed by atoms with van der Waals surface area (Å²) in [6.07, 6.45) is 0. The molecule has 0 heterocycles. The van der Waals surface area contributed by atoms with E-state index in [0.717, 1.165) is 11.5 Å². The van der Waals surface area contributed by atoms with Crippen LogP contribution in [0.5, 0.6) is 0 Å². The number of sulfone groups is 1. The first-order chi connectivity index (χ1) is 10.6. The van der Waals surface area contributed by atoms with Crippen LogP contribution in [0, 0.1) is 17.1 Å². The topological polar surface area (TPSA) is 57.9 Å². The lowest BCUT2D eigenvalue weighted by Gasteiger charge is -2.10. The molecule has 3 nitrogen and oxygen atoms in total. The van der Waals surface area contributed by atoms with Crippen molar-refractivity contribution in [3.8, 4) is 6.07 Å². The highest BCUT2D eigenvalue weighted by atomic mass is 32.2. The van der Waals surface area contributed by atoms with E-state index in [1.807, 2.05) is 6.07 Å². The Balaban J connectivity index is 2.36. The molecule has 3 aromatic carbocycles. The zero-order chi connectivity index (χ0) is 15.7. The fourth-order valence-corrected chi connectivity index (χ4v) is 4.02. The zero-order valence-electron chi connectivity index (χ0n) is 11.3. The predicted molar refractivity (Wildman–Crippen MR) is 80.5 cm³/mol. The minimum atomic E-state index is -3.99. The SMILES string of the molecule is N#Cc1c(F)cccc1S(=O)(=O)c1cccc2ccccc12. The number of rotatable bonds is 2. The van der Waals surface area contributed by atoms with Crippen LogP contribution in [0.3, 0.4) is 0 Å². The fourth-order valence-electron chi connectivity index (χ4n) is 2.39. The quantitative estimate of drug-likeness (QED) is 0.725. The molecule has 0 unspecified atom stereocenters. The average molecular weight is 311 g/mol. The minimum Gasteiger partial charge on any atom is -0.218 e. The first-order valence-electron chi connectivity index (χ1n) is 6.47. The maximum absolute atomic E-state index is 13.7. The second kappa shape index (κ2) is 5.24. The van der Waals surface area contributed by atoms with E-state index in [-0.39, 0.29) is 9.79 Å². The smallest absolute Gasteiger partial charge is 0.208 e. The maximum Gasteiger partial charge on any atom is 0.208 e. The van der Waals surface area contributed by atoms with Gasteiger partial charge in [-0.15, -0.1) is 0 Å². The molecule has 3 aromatic rings. The van der Waals surface area contributed by atoms with Crippen molar-refractivity contribution in [3.05, 3.63) is 72.0 Å². The lowest BCUT2D eigenvalue weighted by molar-refractivity contribution is 0.590. The monoisotopic (exact) mass is 311 g/mol. The van der Waals surface area contributed by atoms with Crippen LogP contribution in [0.15, 0.2) is 70.5 Å². The highest BCUT2D eigenvalue weighted by molar-refractivity contribution is 7.91. The summed E-state index contributed by atoms with van der Waals surface area (Å²) in [5.74, 6) is -0.844. The predicted octanol–water partition coefficient (Wildman–Crippen LogP) is 3.68. The van der Waals surface area contributed by atoms with Crippen LogP contribution in [0.4, 0.5) is 4.39 Å². The summed E-state index contributed by atoms with van der Waals surface area (Å²) < 4.78 is 39.4. The van der Waals surface area contributed by atoms with E-state index in [1.54, 1.807) is 36.4 Å². The summed E-state index contributed by atoms with van der Waals surface area (Å²) >= 11 is 0. The molecule has 5 heteroatoms. The highest BCUT2D eigenvalue weighted by Gasteiger charge is 2.25. The van der Waals surface area contributed by atoms with Crippen LogP contribution in [0.1, 0.15) is 5.56 Å². The molecule has 0 aliphatic heterocycles. The maximum atomic E-state index is 13.7. The molecule has 0 fully saturated rings. The standard InChI is InChI=1S/C17H10FNO2S/c18-15-8-4-10-17(14(15)11-19)22(20,21)16-9-3-6-12-5-1-2-7-13(12)16/h1-10H. The van der Waals surface area contributed by atoms with Gasteiger partial charge in [0.2, 0.25) is 9.84 Å². The van der Waals surface area contributed by atoms with Gasteiger partial charge in [0, 0.05) is 5.39 Å². The summed E-state index contributed by atoms with van der Waals surface area (Å²) in [5, 5.41) is 10.4. The van der Waals surface area contributed by atoms with Crippen molar-refractivity contribution in [2.75, 3.05) is 0 Å². The first kappa shape index (κ1) is 14.2. The average Bonchev–Trinajstić information content (AvgIpc) is 2.54. The van der Waals surface area contributed by atoms with Crippen LogP contribution >= 0.6 is 0 Å². The summed E-state index contributed by atoms with van der Waals surface area (Å²) in [4.78, 5) is -0.251. The van der Waals surface area contributed by atoms with E-state index in [4.69, 9.17) is 5.26 Å². The van der Waals surface area contributed by atoms with Gasteiger partial charge in [0.15, 0.2) is 0 Å². The van der Waals surface area contributed by atoms with Gasteiger partial charge in [-0.2, -0.15) is 5.26 Å². The molecular formula is C17H10FNO2S. The lowest BCUT2D eigenvalue weighted by atomic mass is 10.1. The van der Waals surface area contributed by atoms with Crippen molar-refractivity contribution in [2.45, 2.75) is 9.79 Å². The van der Waals surface area contributed by atoms with Crippen LogP contribution < -0.4 is 0 Å². The van der Waals surface area contributed by atoms with Gasteiger partial charge in [-0.25, -0.2) is 12.8 Å². The molecule has 22 heavy (non-hydrogen) atoms. The third-order valence-electron chi connectivity index (χ3n) is 3.42. The van der Waals surface area contributed by atoms with Crippen LogP contribution in [0.2, 0.25) is 0 Å². The Morgan fingerprint density at radius 1 is 0.864 bits per heavy atom. The van der Waals surface area contributed by atoms with Gasteiger partial charge in [-0.3, -0.25) is 0 Å². The largest absolute Gasteiger partial charge is 0.218 e. The van der Waals surface area contributed by atoms with Gasteiger partial charge < -0.3 is 0 Å². The second-order valence-corrected chi connectivity index (χ2v) is 6.59. The van der Waals surface area contributed by atoms with Gasteiger partial charge in [-0.05, 0) is 23.6 Å². The number of nitrogens with zero attached hydrogens (tertiary/aromatic N) is 1. The van der Waals surface area contributed by atoms with E-state index in [0.29, 0.717) is 5.39 Å². The number of benzene rings is 3. The molecule has 0 N–H and O–H groups in total. The van der Waals surface area contributed by atoms with Gasteiger partial charge in [0.05, 0.1) is 9.79 Å². The summed E-state index contributed by atoms with van der Waals surface area (Å²) in [6.45, 7) is 0. The van der Waals surface area contributed by atoms with E-state index in [1.165, 1.54) is 18.2 Å². The number of hydrogen-bond acceptors (Lipinski definition) is 3. The molecule has 0 spiro atoms. The van der Waals surface area contributed by atoms with Crippen molar-refractivity contribution in [1.29, 1.82) is 5.26 Å². The molecule has 0 atom stereocenters. The Morgan fingerprint density at radius 2 is 1.50 bits per heavy atom. The zero-order valence-corrected chi connectivity index (χ0v) is 12.1. The van der Waals surface area contributed by atoms with Crippen molar-refractivity contribution in [3.63, 3.8) is 0 Å². The molecule has 0 saturated heterocycles. The van der Waals surface area contributed by atoms with E-state index >= 15 is 0 Å². The van der Waals surface area contributed by atoms with Crippen LogP contribution in [-0.2, 0) is 9.84 Å². The first-order valence-corrected chi connectivity index (χ1v) is 7.95. The van der Waals surface area contributed by atoms with Gasteiger partial charge in [0.1, 0.15) is 17.4 Å². The van der Waals surface area contributed by atoms with Gasteiger partial charge in [0.25, 0.3) is 0 Å². The Kier molecular flexibility index (Phi) is 3.39. The Bertz CT molecular complexity index is 1020. The molecule has 0 bridgehead atoms. The summed E-state index contributed by atoms with van der Waals surface area (Å²) in [7, 11) is -3.99. The van der Waals surface area contributed by atoms with E-state index < -0.39 is 21.2 Å². The second-order valence-electron chi connectivity index (χ2n) is 4.71. The molecule has 0 aliphatic rings. The number of hydrogen-bond donors (Lipinski definition) is 0. The molecule has 0 amide bonds. The molecule has 0 saturated carbocycles. The Labute approximate surface area is 127 Å². The molecule has 3 rings (SSSR count). The molecule has 0 aromatic heterocycles. The molecule has 0 aliphatic carbocycles. The molecule has 0 radical (unpaired) electrons. The van der Waals surface area contributed by atoms with Gasteiger partial charge >= 0.3 is 0 Å². The third kappa shape index (κ3) is 2.14. The normalized spacial score (nSPS) is 11.3. The molecule has 108 valence electrons. The number of halogens is 1. The van der Waals surface area contributed by atoms with E-state index in [2.05, 4.69) is 0 Å². The number of nitriles is 1. The third-order valence-corrected chi connectivity index (χ3v) is 5.27. The summed E-state index contributed by atoms with van der Waals surface area (Å²) in [5.41, 5.74) is -0.463. The minimum absolute atomic E-state index is 0.0627. The number of fused-ring (bicyclic) bond motifs is 1. The van der Waals surface area contributed by atoms with Crippen molar-refractivity contribution < 1.29 is 12.8 Å². The van der Waals surface area contributed by atoms with Crippen molar-refractivity contribution in [1.82, 2.24) is 0 Å². The van der Waals surface area contributed by atoms with E-state index in [9.17, 15) is 12.8 Å². The Hall–Kier alpha value is -2.71. The fraction of sp³-hybridized carbons (Fsp3) is 0. The van der Waals surface area contributed by atoms with Gasteiger partial charge in [-0.1, -0.05) is 42.5 Å². The van der Waals surface area contributed by atoms with Crippen LogP contribution in [0.25, 0.3) is 10.8 Å². The highest BCUT2D eigenvalue weighted by Crippen LogP contribution is 2.30.